The molecule has 5 nitrogen and oxygen atoms in total. The van der Waals surface area contributed by atoms with Crippen LogP contribution >= 0.6 is 0 Å². The zero-order chi connectivity index (χ0) is 13.1. The molecule has 0 fully saturated rings. The minimum atomic E-state index is -0.927. The molecule has 1 unspecified atom stereocenters. The van der Waals surface area contributed by atoms with Crippen LogP contribution in [0.3, 0.4) is 0 Å². The van der Waals surface area contributed by atoms with Crippen molar-refractivity contribution >= 4 is 12.0 Å². The fourth-order valence-corrected chi connectivity index (χ4v) is 1.77. The van der Waals surface area contributed by atoms with Gasteiger partial charge in [-0.3, -0.25) is 9.79 Å². The van der Waals surface area contributed by atoms with Gasteiger partial charge in [0.25, 0.3) is 0 Å². The van der Waals surface area contributed by atoms with Gasteiger partial charge in [0.2, 0.25) is 0 Å². The largest absolute Gasteiger partial charge is 0.511 e. The number of carbonyl (C=O) groups excluding carboxylic acids is 1. The lowest BCUT2D eigenvalue weighted by Gasteiger charge is -2.28. The lowest BCUT2D eigenvalue weighted by atomic mass is 9.77. The number of allylic oxidation sites excluding steroid dienone is 2. The van der Waals surface area contributed by atoms with Crippen molar-refractivity contribution in [2.45, 2.75) is 32.8 Å². The molecular formula is C12H19NO4. The summed E-state index contributed by atoms with van der Waals surface area (Å²) in [7, 11) is 0. The highest BCUT2D eigenvalue weighted by molar-refractivity contribution is 6.14. The van der Waals surface area contributed by atoms with Gasteiger partial charge in [0, 0.05) is 19.1 Å². The van der Waals surface area contributed by atoms with E-state index in [-0.39, 0.29) is 35.7 Å². The van der Waals surface area contributed by atoms with Crippen LogP contribution in [0.2, 0.25) is 0 Å². The van der Waals surface area contributed by atoms with Gasteiger partial charge in [-0.15, -0.1) is 0 Å². The Balaban J connectivity index is 2.73. The van der Waals surface area contributed by atoms with Gasteiger partial charge in [0.15, 0.2) is 5.78 Å². The predicted octanol–water partition coefficient (Wildman–Crippen LogP) is 0.612. The van der Waals surface area contributed by atoms with Crippen LogP contribution in [0.1, 0.15) is 26.7 Å². The summed E-state index contributed by atoms with van der Waals surface area (Å²) in [5.74, 6) is -0.0884. The van der Waals surface area contributed by atoms with Gasteiger partial charge in [-0.1, -0.05) is 13.8 Å². The van der Waals surface area contributed by atoms with E-state index in [2.05, 4.69) is 4.99 Å². The number of rotatable bonds is 4. The molecule has 0 radical (unpaired) electrons. The lowest BCUT2D eigenvalue weighted by Crippen LogP contribution is -2.26. The highest BCUT2D eigenvalue weighted by Gasteiger charge is 2.32. The van der Waals surface area contributed by atoms with Crippen molar-refractivity contribution in [2.75, 3.05) is 13.2 Å². The van der Waals surface area contributed by atoms with E-state index in [4.69, 9.17) is 10.2 Å². The van der Waals surface area contributed by atoms with Crippen molar-refractivity contribution < 1.29 is 20.1 Å². The Morgan fingerprint density at radius 2 is 2.12 bits per heavy atom. The van der Waals surface area contributed by atoms with Crippen LogP contribution in [-0.4, -0.2) is 46.6 Å². The molecule has 0 aliphatic heterocycles. The quantitative estimate of drug-likeness (QED) is 0.629. The van der Waals surface area contributed by atoms with E-state index in [1.807, 2.05) is 13.8 Å². The topological polar surface area (TPSA) is 90.1 Å². The second-order valence-corrected chi connectivity index (χ2v) is 5.13. The molecule has 0 saturated heterocycles. The average Bonchev–Trinajstić information content (AvgIpc) is 2.20. The highest BCUT2D eigenvalue weighted by atomic mass is 16.3. The van der Waals surface area contributed by atoms with Crippen LogP contribution in [0.5, 0.6) is 0 Å². The molecule has 3 N–H and O–H groups in total. The van der Waals surface area contributed by atoms with E-state index in [1.54, 1.807) is 0 Å². The van der Waals surface area contributed by atoms with Crippen LogP contribution in [0.25, 0.3) is 0 Å². The van der Waals surface area contributed by atoms with E-state index in [0.717, 1.165) is 0 Å². The van der Waals surface area contributed by atoms with E-state index in [1.165, 1.54) is 6.21 Å². The first kappa shape index (κ1) is 13.9. The summed E-state index contributed by atoms with van der Waals surface area (Å²) in [6.07, 6.45) is 1.18. The maximum atomic E-state index is 11.7. The highest BCUT2D eigenvalue weighted by Crippen LogP contribution is 2.34. The van der Waals surface area contributed by atoms with Gasteiger partial charge < -0.3 is 15.3 Å². The minimum absolute atomic E-state index is 0.0178. The molecule has 0 bridgehead atoms. The first-order valence-corrected chi connectivity index (χ1v) is 5.60. The lowest BCUT2D eigenvalue weighted by molar-refractivity contribution is -0.117. The molecule has 1 aliphatic rings. The maximum absolute atomic E-state index is 11.7. The van der Waals surface area contributed by atoms with Crippen molar-refractivity contribution in [3.05, 3.63) is 11.3 Å². The van der Waals surface area contributed by atoms with Crippen LogP contribution in [0.4, 0.5) is 0 Å². The number of nitrogens with zero attached hydrogens (tertiary/aromatic N) is 1. The second-order valence-electron chi connectivity index (χ2n) is 5.13. The fourth-order valence-electron chi connectivity index (χ4n) is 1.77. The average molecular weight is 241 g/mol. The molecule has 96 valence electrons. The van der Waals surface area contributed by atoms with Crippen molar-refractivity contribution in [3.63, 3.8) is 0 Å². The summed E-state index contributed by atoms with van der Waals surface area (Å²) in [5.41, 5.74) is -0.00203. The van der Waals surface area contributed by atoms with Gasteiger partial charge in [-0.05, 0) is 5.41 Å². The van der Waals surface area contributed by atoms with Gasteiger partial charge >= 0.3 is 0 Å². The Morgan fingerprint density at radius 1 is 1.47 bits per heavy atom. The van der Waals surface area contributed by atoms with Gasteiger partial charge in [0.05, 0.1) is 24.8 Å². The number of aliphatic hydroxyl groups excluding tert-OH is 3. The number of hydrogen-bond acceptors (Lipinski definition) is 5. The monoisotopic (exact) mass is 241 g/mol. The number of aliphatic imine (C=N–C) groups is 1. The molecule has 1 atom stereocenters. The van der Waals surface area contributed by atoms with Gasteiger partial charge in [-0.2, -0.15) is 0 Å². The van der Waals surface area contributed by atoms with Crippen molar-refractivity contribution in [2.24, 2.45) is 10.4 Å². The first-order valence-electron chi connectivity index (χ1n) is 5.60. The Morgan fingerprint density at radius 3 is 2.65 bits per heavy atom. The van der Waals surface area contributed by atoms with Crippen molar-refractivity contribution in [3.8, 4) is 0 Å². The van der Waals surface area contributed by atoms with Crippen LogP contribution in [-0.2, 0) is 4.79 Å². The third-order valence-electron chi connectivity index (χ3n) is 2.64. The number of aliphatic hydroxyl groups is 3. The third-order valence-corrected chi connectivity index (χ3v) is 2.64. The van der Waals surface area contributed by atoms with Crippen LogP contribution in [0.15, 0.2) is 16.3 Å². The summed E-state index contributed by atoms with van der Waals surface area (Å²) in [5, 5.41) is 27.4. The molecule has 0 saturated carbocycles. The fraction of sp³-hybridized carbons (Fsp3) is 0.667. The molecule has 17 heavy (non-hydrogen) atoms. The van der Waals surface area contributed by atoms with E-state index in [0.29, 0.717) is 12.8 Å². The van der Waals surface area contributed by atoms with Crippen LogP contribution in [0, 0.1) is 5.41 Å². The Kier molecular flexibility index (Phi) is 4.42. The number of hydrogen-bond donors (Lipinski definition) is 3. The molecular weight excluding hydrogens is 222 g/mol. The Labute approximate surface area is 100 Å². The molecule has 0 spiro atoms. The molecule has 0 heterocycles. The first-order chi connectivity index (χ1) is 7.85. The van der Waals surface area contributed by atoms with Crippen molar-refractivity contribution in [1.29, 1.82) is 0 Å². The third kappa shape index (κ3) is 3.94. The summed E-state index contributed by atoms with van der Waals surface area (Å²) in [6, 6.07) is 0. The Hall–Kier alpha value is -1.20. The summed E-state index contributed by atoms with van der Waals surface area (Å²) >= 11 is 0. The molecule has 5 heteroatoms. The zero-order valence-electron chi connectivity index (χ0n) is 10.2. The van der Waals surface area contributed by atoms with E-state index < -0.39 is 6.10 Å². The normalized spacial score (nSPS) is 22.2. The molecule has 0 aromatic heterocycles. The van der Waals surface area contributed by atoms with Gasteiger partial charge in [-0.25, -0.2) is 0 Å². The molecule has 1 aliphatic carbocycles. The number of ketones is 1. The summed E-state index contributed by atoms with van der Waals surface area (Å²) in [6.45, 7) is 3.49. The molecule has 1 rings (SSSR count). The van der Waals surface area contributed by atoms with E-state index >= 15 is 0 Å². The predicted molar refractivity (Wildman–Crippen MR) is 64.1 cm³/mol. The summed E-state index contributed by atoms with van der Waals surface area (Å²) in [4.78, 5) is 15.6. The van der Waals surface area contributed by atoms with Crippen LogP contribution < -0.4 is 0 Å². The Bertz CT molecular complexity index is 358. The van der Waals surface area contributed by atoms with Gasteiger partial charge in [0.1, 0.15) is 5.76 Å². The minimum Gasteiger partial charge on any atom is -0.511 e. The number of carbonyl (C=O) groups is 1. The zero-order valence-corrected chi connectivity index (χ0v) is 10.2. The smallest absolute Gasteiger partial charge is 0.168 e. The van der Waals surface area contributed by atoms with Crippen molar-refractivity contribution in [1.82, 2.24) is 0 Å². The SMILES string of the molecule is CC1(C)CC(=O)C(C=NCC(O)CO)=C(O)C1. The standard InChI is InChI=1S/C12H19NO4/c1-12(2)3-10(16)9(11(17)4-12)6-13-5-8(15)7-14/h6,8,14-16H,3-5,7H2,1-2H3. The molecule has 0 aromatic rings. The summed E-state index contributed by atoms with van der Waals surface area (Å²) < 4.78 is 0. The molecule has 0 aromatic carbocycles. The van der Waals surface area contributed by atoms with E-state index in [9.17, 15) is 9.90 Å². The number of Topliss-reactive ketones (excluding diaryl/α,β-unsaturated/α-hetero) is 1. The second kappa shape index (κ2) is 5.42. The molecule has 0 amide bonds. The maximum Gasteiger partial charge on any atom is 0.168 e.